The van der Waals surface area contributed by atoms with Gasteiger partial charge in [-0.1, -0.05) is 12.1 Å². The van der Waals surface area contributed by atoms with Crippen molar-refractivity contribution in [1.82, 2.24) is 9.97 Å². The van der Waals surface area contributed by atoms with Crippen molar-refractivity contribution in [2.24, 2.45) is 0 Å². The number of hydrogen-bond donors (Lipinski definition) is 0. The molecule has 0 saturated heterocycles. The number of hydrogen-bond acceptors (Lipinski definition) is 4. The number of ether oxygens (including phenoxy) is 1. The van der Waals surface area contributed by atoms with Gasteiger partial charge < -0.3 is 4.74 Å². The number of nitrogens with zero attached hydrogens (tertiary/aromatic N) is 2. The third kappa shape index (κ3) is 3.13. The van der Waals surface area contributed by atoms with Crippen molar-refractivity contribution in [3.63, 3.8) is 0 Å². The largest absolute Gasteiger partial charge is 0.451 e. The zero-order valence-electron chi connectivity index (χ0n) is 11.5. The minimum absolute atomic E-state index is 0.134. The molecule has 3 rings (SSSR count). The molecule has 0 fully saturated rings. The third-order valence-electron chi connectivity index (χ3n) is 3.05. The van der Waals surface area contributed by atoms with Crippen molar-refractivity contribution in [3.8, 4) is 11.6 Å². The Morgan fingerprint density at radius 1 is 0.957 bits per heavy atom. The SMILES string of the molecule is O=Cc1ccc(Oc2nc(C(F)(F)F)nc3ccccc23)cc1. The van der Waals surface area contributed by atoms with Gasteiger partial charge in [0.15, 0.2) is 0 Å². The second-order valence-electron chi connectivity index (χ2n) is 4.66. The Balaban J connectivity index is 2.08. The molecule has 1 heterocycles. The molecule has 0 atom stereocenters. The van der Waals surface area contributed by atoms with Gasteiger partial charge in [-0.3, -0.25) is 4.79 Å². The number of halogens is 3. The van der Waals surface area contributed by atoms with E-state index in [9.17, 15) is 18.0 Å². The molecule has 1 aromatic heterocycles. The second-order valence-corrected chi connectivity index (χ2v) is 4.66. The highest BCUT2D eigenvalue weighted by Crippen LogP contribution is 2.33. The monoisotopic (exact) mass is 318 g/mol. The van der Waals surface area contributed by atoms with E-state index in [0.717, 1.165) is 0 Å². The van der Waals surface area contributed by atoms with Gasteiger partial charge in [0.25, 0.3) is 0 Å². The van der Waals surface area contributed by atoms with Crippen LogP contribution in [0.25, 0.3) is 10.9 Å². The van der Waals surface area contributed by atoms with Crippen molar-refractivity contribution in [2.75, 3.05) is 0 Å². The highest BCUT2D eigenvalue weighted by atomic mass is 19.4. The molecule has 2 aromatic carbocycles. The maximum absolute atomic E-state index is 12.9. The fourth-order valence-electron chi connectivity index (χ4n) is 1.98. The van der Waals surface area contributed by atoms with Crippen LogP contribution < -0.4 is 4.74 Å². The smallest absolute Gasteiger partial charge is 0.438 e. The van der Waals surface area contributed by atoms with Gasteiger partial charge in [-0.2, -0.15) is 18.2 Å². The third-order valence-corrected chi connectivity index (χ3v) is 3.05. The van der Waals surface area contributed by atoms with Crippen molar-refractivity contribution in [3.05, 3.63) is 59.9 Å². The molecular formula is C16H9F3N2O2. The number of benzene rings is 2. The number of rotatable bonds is 3. The first-order valence-corrected chi connectivity index (χ1v) is 6.54. The number of fused-ring (bicyclic) bond motifs is 1. The van der Waals surface area contributed by atoms with Gasteiger partial charge in [0.1, 0.15) is 12.0 Å². The first-order chi connectivity index (χ1) is 11.0. The predicted molar refractivity (Wildman–Crippen MR) is 76.4 cm³/mol. The maximum atomic E-state index is 12.9. The Kier molecular flexibility index (Phi) is 3.69. The van der Waals surface area contributed by atoms with Crippen LogP contribution >= 0.6 is 0 Å². The molecule has 23 heavy (non-hydrogen) atoms. The van der Waals surface area contributed by atoms with Crippen molar-refractivity contribution in [2.45, 2.75) is 6.18 Å². The lowest BCUT2D eigenvalue weighted by atomic mass is 10.2. The first kappa shape index (κ1) is 15.0. The van der Waals surface area contributed by atoms with Crippen LogP contribution in [0.5, 0.6) is 11.6 Å². The fourth-order valence-corrected chi connectivity index (χ4v) is 1.98. The summed E-state index contributed by atoms with van der Waals surface area (Å²) in [5.74, 6) is -1.19. The number of carbonyl (C=O) groups is 1. The minimum Gasteiger partial charge on any atom is -0.438 e. The van der Waals surface area contributed by atoms with Gasteiger partial charge >= 0.3 is 6.18 Å². The van der Waals surface area contributed by atoms with E-state index < -0.39 is 12.0 Å². The number of alkyl halides is 3. The van der Waals surface area contributed by atoms with Crippen LogP contribution in [0.4, 0.5) is 13.2 Å². The zero-order chi connectivity index (χ0) is 16.4. The van der Waals surface area contributed by atoms with Crippen LogP contribution in [0, 0.1) is 0 Å². The topological polar surface area (TPSA) is 52.1 Å². The van der Waals surface area contributed by atoms with Gasteiger partial charge in [-0.15, -0.1) is 0 Å². The normalized spacial score (nSPS) is 11.4. The molecule has 0 bridgehead atoms. The summed E-state index contributed by atoms with van der Waals surface area (Å²) in [5.41, 5.74) is 0.565. The quantitative estimate of drug-likeness (QED) is 0.677. The second kappa shape index (κ2) is 5.68. The molecule has 116 valence electrons. The zero-order valence-corrected chi connectivity index (χ0v) is 11.5. The van der Waals surface area contributed by atoms with Crippen LogP contribution in [-0.2, 0) is 6.18 Å². The van der Waals surface area contributed by atoms with E-state index in [0.29, 0.717) is 17.2 Å². The fraction of sp³-hybridized carbons (Fsp3) is 0.0625. The summed E-state index contributed by atoms with van der Waals surface area (Å²) in [6.07, 6.45) is -4.02. The summed E-state index contributed by atoms with van der Waals surface area (Å²) < 4.78 is 44.2. The first-order valence-electron chi connectivity index (χ1n) is 6.54. The molecule has 4 nitrogen and oxygen atoms in total. The van der Waals surface area contributed by atoms with E-state index in [4.69, 9.17) is 4.74 Å². The molecule has 3 aromatic rings. The lowest BCUT2D eigenvalue weighted by Gasteiger charge is -2.11. The minimum atomic E-state index is -4.68. The van der Waals surface area contributed by atoms with Crippen molar-refractivity contribution < 1.29 is 22.7 Å². The van der Waals surface area contributed by atoms with E-state index in [2.05, 4.69) is 9.97 Å². The van der Waals surface area contributed by atoms with E-state index >= 15 is 0 Å². The van der Waals surface area contributed by atoms with Gasteiger partial charge in [0.05, 0.1) is 10.9 Å². The van der Waals surface area contributed by atoms with Crippen LogP contribution in [0.3, 0.4) is 0 Å². The summed E-state index contributed by atoms with van der Waals surface area (Å²) >= 11 is 0. The van der Waals surface area contributed by atoms with E-state index in [-0.39, 0.29) is 17.1 Å². The molecule has 0 radical (unpaired) electrons. The van der Waals surface area contributed by atoms with E-state index in [1.54, 1.807) is 18.2 Å². The summed E-state index contributed by atoms with van der Waals surface area (Å²) in [7, 11) is 0. The molecule has 7 heteroatoms. The average Bonchev–Trinajstić information content (AvgIpc) is 2.54. The van der Waals surface area contributed by atoms with Gasteiger partial charge in [-0.25, -0.2) is 4.98 Å². The van der Waals surface area contributed by atoms with E-state index in [1.165, 1.54) is 30.3 Å². The number of aromatic nitrogens is 2. The van der Waals surface area contributed by atoms with Crippen LogP contribution in [0.2, 0.25) is 0 Å². The molecule has 0 aliphatic carbocycles. The molecule has 0 N–H and O–H groups in total. The lowest BCUT2D eigenvalue weighted by Crippen LogP contribution is -2.11. The molecule has 0 aliphatic rings. The van der Waals surface area contributed by atoms with Gasteiger partial charge in [-0.05, 0) is 36.4 Å². The highest BCUT2D eigenvalue weighted by molar-refractivity contribution is 5.83. The Bertz CT molecular complexity index is 861. The summed E-state index contributed by atoms with van der Waals surface area (Å²) in [5, 5.41) is 0.361. The summed E-state index contributed by atoms with van der Waals surface area (Å²) in [6.45, 7) is 0. The maximum Gasteiger partial charge on any atom is 0.451 e. The highest BCUT2D eigenvalue weighted by Gasteiger charge is 2.35. The summed E-state index contributed by atoms with van der Waals surface area (Å²) in [4.78, 5) is 17.6. The molecule has 0 aliphatic heterocycles. The average molecular weight is 318 g/mol. The lowest BCUT2D eigenvalue weighted by molar-refractivity contribution is -0.144. The van der Waals surface area contributed by atoms with Crippen LogP contribution in [0.15, 0.2) is 48.5 Å². The van der Waals surface area contributed by atoms with E-state index in [1.807, 2.05) is 0 Å². The number of para-hydroxylation sites is 1. The summed E-state index contributed by atoms with van der Waals surface area (Å²) in [6, 6.07) is 12.2. The molecule has 0 unspecified atom stereocenters. The Labute approximate surface area is 128 Å². The predicted octanol–water partition coefficient (Wildman–Crippen LogP) is 4.25. The Hall–Kier alpha value is -2.96. The van der Waals surface area contributed by atoms with Gasteiger partial charge in [0.2, 0.25) is 11.7 Å². The Morgan fingerprint density at radius 3 is 2.30 bits per heavy atom. The molecule has 0 spiro atoms. The number of aldehydes is 1. The number of carbonyl (C=O) groups excluding carboxylic acids is 1. The molecule has 0 amide bonds. The van der Waals surface area contributed by atoms with Crippen molar-refractivity contribution >= 4 is 17.2 Å². The standard InChI is InChI=1S/C16H9F3N2O2/c17-16(18,19)15-20-13-4-2-1-3-12(13)14(21-15)23-11-7-5-10(9-22)6-8-11/h1-9H. The van der Waals surface area contributed by atoms with Crippen LogP contribution in [0.1, 0.15) is 16.2 Å². The van der Waals surface area contributed by atoms with Crippen LogP contribution in [-0.4, -0.2) is 16.3 Å². The van der Waals surface area contributed by atoms with Crippen molar-refractivity contribution in [1.29, 1.82) is 0 Å². The molecular weight excluding hydrogens is 309 g/mol. The van der Waals surface area contributed by atoms with Gasteiger partial charge in [0, 0.05) is 5.56 Å². The Morgan fingerprint density at radius 2 is 1.65 bits per heavy atom. The molecule has 0 saturated carbocycles.